The lowest BCUT2D eigenvalue weighted by atomic mass is 9.98. The molecule has 2 amide bonds. The third-order valence-corrected chi connectivity index (χ3v) is 5.86. The van der Waals surface area contributed by atoms with Gasteiger partial charge in [-0.3, -0.25) is 19.7 Å². The minimum atomic E-state index is -0.522. The Morgan fingerprint density at radius 2 is 1.88 bits per heavy atom. The molecule has 170 valence electrons. The van der Waals surface area contributed by atoms with Crippen molar-refractivity contribution in [1.82, 2.24) is 0 Å². The first-order valence-electron chi connectivity index (χ1n) is 10.7. The van der Waals surface area contributed by atoms with E-state index in [-0.39, 0.29) is 17.2 Å². The molecule has 0 unspecified atom stereocenters. The van der Waals surface area contributed by atoms with Gasteiger partial charge in [-0.25, -0.2) is 0 Å². The summed E-state index contributed by atoms with van der Waals surface area (Å²) in [5.41, 5.74) is 1.39. The number of nitro groups is 1. The molecule has 0 radical (unpaired) electrons. The molecule has 0 spiro atoms. The number of halogens is 1. The summed E-state index contributed by atoms with van der Waals surface area (Å²) in [5.74, 6) is -0.0566. The van der Waals surface area contributed by atoms with Gasteiger partial charge in [0, 0.05) is 36.8 Å². The maximum atomic E-state index is 12.8. The highest BCUT2D eigenvalue weighted by Crippen LogP contribution is 2.33. The topological polar surface area (TPSA) is 105 Å². The number of hydrogen-bond acceptors (Lipinski definition) is 5. The Bertz CT molecular complexity index is 1020. The zero-order valence-corrected chi connectivity index (χ0v) is 18.9. The minimum absolute atomic E-state index is 0.0983. The normalized spacial score (nSPS) is 14.2. The van der Waals surface area contributed by atoms with Gasteiger partial charge in [-0.15, -0.1) is 0 Å². The molecular formula is C23H27ClN4O4. The van der Waals surface area contributed by atoms with Crippen molar-refractivity contribution in [3.63, 3.8) is 0 Å². The highest BCUT2D eigenvalue weighted by atomic mass is 35.5. The molecule has 1 fully saturated rings. The third-order valence-electron chi connectivity index (χ3n) is 5.53. The van der Waals surface area contributed by atoms with Gasteiger partial charge in [-0.05, 0) is 55.5 Å². The van der Waals surface area contributed by atoms with Gasteiger partial charge in [0.1, 0.15) is 5.69 Å². The molecule has 1 saturated heterocycles. The number of nitro benzene ring substituents is 1. The lowest BCUT2D eigenvalue weighted by Crippen LogP contribution is -2.33. The standard InChI is InChI=1S/C23H27ClN4O4/c1-3-4-22(29)25-17-6-7-18(24)19(14-17)26-23(30)16-5-8-20(21(13-16)28(31)32)27-11-9-15(2)10-12-27/h5-8,13-15H,3-4,9-12H2,1-2H3,(H,25,29)(H,26,30). The summed E-state index contributed by atoms with van der Waals surface area (Å²) in [6, 6.07) is 9.28. The molecule has 0 aliphatic carbocycles. The number of carbonyl (C=O) groups excluding carboxylic acids is 2. The van der Waals surface area contributed by atoms with Crippen molar-refractivity contribution in [3.05, 3.63) is 57.1 Å². The summed E-state index contributed by atoms with van der Waals surface area (Å²) in [5, 5.41) is 17.4. The molecule has 2 N–H and O–H groups in total. The number of amides is 2. The molecular weight excluding hydrogens is 432 g/mol. The van der Waals surface area contributed by atoms with Crippen molar-refractivity contribution >= 4 is 46.2 Å². The van der Waals surface area contributed by atoms with E-state index < -0.39 is 10.8 Å². The Morgan fingerprint density at radius 3 is 2.53 bits per heavy atom. The molecule has 0 aromatic heterocycles. The van der Waals surface area contributed by atoms with Crippen LogP contribution in [0.1, 0.15) is 49.9 Å². The predicted molar refractivity (Wildman–Crippen MR) is 127 cm³/mol. The fourth-order valence-corrected chi connectivity index (χ4v) is 3.84. The number of benzene rings is 2. The maximum absolute atomic E-state index is 12.8. The molecule has 0 atom stereocenters. The van der Waals surface area contributed by atoms with E-state index in [1.807, 2.05) is 11.8 Å². The fraction of sp³-hybridized carbons (Fsp3) is 0.391. The molecule has 2 aromatic rings. The zero-order valence-electron chi connectivity index (χ0n) is 18.2. The average molecular weight is 459 g/mol. The monoisotopic (exact) mass is 458 g/mol. The number of rotatable bonds is 7. The van der Waals surface area contributed by atoms with Crippen LogP contribution >= 0.6 is 11.6 Å². The van der Waals surface area contributed by atoms with E-state index in [0.29, 0.717) is 40.8 Å². The Labute approximate surface area is 192 Å². The zero-order chi connectivity index (χ0) is 23.3. The number of anilines is 3. The molecule has 1 aliphatic rings. The molecule has 0 bridgehead atoms. The van der Waals surface area contributed by atoms with Crippen LogP contribution in [0.25, 0.3) is 0 Å². The van der Waals surface area contributed by atoms with Gasteiger partial charge < -0.3 is 15.5 Å². The molecule has 32 heavy (non-hydrogen) atoms. The second kappa shape index (κ2) is 10.5. The molecule has 8 nitrogen and oxygen atoms in total. The Balaban J connectivity index is 1.80. The van der Waals surface area contributed by atoms with E-state index in [0.717, 1.165) is 25.9 Å². The first-order chi connectivity index (χ1) is 15.3. The summed E-state index contributed by atoms with van der Waals surface area (Å²) in [6.45, 7) is 5.58. The van der Waals surface area contributed by atoms with Gasteiger partial charge in [-0.1, -0.05) is 25.4 Å². The van der Waals surface area contributed by atoms with Crippen LogP contribution in [-0.2, 0) is 4.79 Å². The van der Waals surface area contributed by atoms with Crippen molar-refractivity contribution < 1.29 is 14.5 Å². The molecule has 3 rings (SSSR count). The SMILES string of the molecule is CCCC(=O)Nc1ccc(Cl)c(NC(=O)c2ccc(N3CCC(C)CC3)c([N+](=O)[O-])c2)c1. The number of hydrogen-bond donors (Lipinski definition) is 2. The van der Waals surface area contributed by atoms with E-state index in [4.69, 9.17) is 11.6 Å². The van der Waals surface area contributed by atoms with Crippen molar-refractivity contribution in [2.24, 2.45) is 5.92 Å². The van der Waals surface area contributed by atoms with Gasteiger partial charge in [-0.2, -0.15) is 0 Å². The van der Waals surface area contributed by atoms with Crippen molar-refractivity contribution in [2.75, 3.05) is 28.6 Å². The van der Waals surface area contributed by atoms with E-state index in [2.05, 4.69) is 17.6 Å². The van der Waals surface area contributed by atoms with Crippen LogP contribution in [0, 0.1) is 16.0 Å². The lowest BCUT2D eigenvalue weighted by molar-refractivity contribution is -0.384. The Kier molecular flexibility index (Phi) is 7.69. The molecule has 9 heteroatoms. The largest absolute Gasteiger partial charge is 0.366 e. The first-order valence-corrected chi connectivity index (χ1v) is 11.1. The van der Waals surface area contributed by atoms with E-state index in [1.54, 1.807) is 30.3 Å². The number of piperidine rings is 1. The van der Waals surface area contributed by atoms with Crippen LogP contribution < -0.4 is 15.5 Å². The highest BCUT2D eigenvalue weighted by Gasteiger charge is 2.25. The van der Waals surface area contributed by atoms with Crippen LogP contribution in [-0.4, -0.2) is 29.8 Å². The Morgan fingerprint density at radius 1 is 1.16 bits per heavy atom. The fourth-order valence-electron chi connectivity index (χ4n) is 3.67. The van der Waals surface area contributed by atoms with Gasteiger partial charge >= 0.3 is 0 Å². The summed E-state index contributed by atoms with van der Waals surface area (Å²) in [7, 11) is 0. The number of nitrogens with zero attached hydrogens (tertiary/aromatic N) is 2. The number of carbonyl (C=O) groups is 2. The van der Waals surface area contributed by atoms with Crippen LogP contribution in [0.4, 0.5) is 22.7 Å². The lowest BCUT2D eigenvalue weighted by Gasteiger charge is -2.31. The predicted octanol–water partition coefficient (Wildman–Crippen LogP) is 5.48. The smallest absolute Gasteiger partial charge is 0.293 e. The second-order valence-electron chi connectivity index (χ2n) is 8.08. The van der Waals surface area contributed by atoms with Crippen LogP contribution in [0.3, 0.4) is 0 Å². The van der Waals surface area contributed by atoms with Gasteiger partial charge in [0.05, 0.1) is 15.6 Å². The number of nitrogens with one attached hydrogen (secondary N) is 2. The van der Waals surface area contributed by atoms with Gasteiger partial charge in [0.2, 0.25) is 5.91 Å². The van der Waals surface area contributed by atoms with Crippen molar-refractivity contribution in [1.29, 1.82) is 0 Å². The summed E-state index contributed by atoms with van der Waals surface area (Å²) < 4.78 is 0. The summed E-state index contributed by atoms with van der Waals surface area (Å²) in [4.78, 5) is 37.9. The van der Waals surface area contributed by atoms with Gasteiger partial charge in [0.25, 0.3) is 11.6 Å². The quantitative estimate of drug-likeness (QED) is 0.422. The van der Waals surface area contributed by atoms with Crippen LogP contribution in [0.15, 0.2) is 36.4 Å². The van der Waals surface area contributed by atoms with E-state index in [1.165, 1.54) is 6.07 Å². The highest BCUT2D eigenvalue weighted by molar-refractivity contribution is 6.34. The van der Waals surface area contributed by atoms with E-state index in [9.17, 15) is 19.7 Å². The molecule has 1 heterocycles. The van der Waals surface area contributed by atoms with Crippen molar-refractivity contribution in [3.8, 4) is 0 Å². The van der Waals surface area contributed by atoms with E-state index >= 15 is 0 Å². The Hall–Kier alpha value is -3.13. The third kappa shape index (κ3) is 5.76. The minimum Gasteiger partial charge on any atom is -0.366 e. The summed E-state index contributed by atoms with van der Waals surface area (Å²) >= 11 is 6.20. The van der Waals surface area contributed by atoms with Gasteiger partial charge in [0.15, 0.2) is 0 Å². The van der Waals surface area contributed by atoms with Crippen molar-refractivity contribution in [2.45, 2.75) is 39.5 Å². The molecule has 1 aliphatic heterocycles. The second-order valence-corrected chi connectivity index (χ2v) is 8.48. The summed E-state index contributed by atoms with van der Waals surface area (Å²) in [6.07, 6.45) is 3.05. The maximum Gasteiger partial charge on any atom is 0.293 e. The van der Waals surface area contributed by atoms with Crippen LogP contribution in [0.2, 0.25) is 5.02 Å². The molecule has 0 saturated carbocycles. The average Bonchev–Trinajstić information content (AvgIpc) is 2.76. The molecule has 2 aromatic carbocycles. The first kappa shape index (κ1) is 23.5. The van der Waals surface area contributed by atoms with Crippen LogP contribution in [0.5, 0.6) is 0 Å².